The molecule has 0 fully saturated rings. The molecule has 0 aromatic carbocycles. The third-order valence-electron chi connectivity index (χ3n) is 4.44. The quantitative estimate of drug-likeness (QED) is 0.595. The van der Waals surface area contributed by atoms with E-state index in [4.69, 9.17) is 9.97 Å². The highest BCUT2D eigenvalue weighted by atomic mass is 15.2. The van der Waals surface area contributed by atoms with Crippen LogP contribution in [-0.2, 0) is 6.42 Å². The number of aromatic nitrogens is 3. The van der Waals surface area contributed by atoms with Crippen molar-refractivity contribution < 1.29 is 0 Å². The van der Waals surface area contributed by atoms with Gasteiger partial charge >= 0.3 is 0 Å². The lowest BCUT2D eigenvalue weighted by Crippen LogP contribution is -2.28. The second-order valence-electron chi connectivity index (χ2n) is 6.59. The van der Waals surface area contributed by atoms with Crippen molar-refractivity contribution in [2.75, 3.05) is 18.0 Å². The minimum atomic E-state index is 0.742. The highest BCUT2D eigenvalue weighted by molar-refractivity contribution is 5.57. The van der Waals surface area contributed by atoms with Gasteiger partial charge in [-0.2, -0.15) is 0 Å². The second kappa shape index (κ2) is 10.1. The van der Waals surface area contributed by atoms with Crippen LogP contribution in [0.2, 0.25) is 0 Å². The van der Waals surface area contributed by atoms with Crippen LogP contribution < -0.4 is 4.90 Å². The molecule has 4 heteroatoms. The molecule has 0 aliphatic heterocycles. The minimum Gasteiger partial charge on any atom is -0.356 e. The van der Waals surface area contributed by atoms with Gasteiger partial charge < -0.3 is 4.90 Å². The van der Waals surface area contributed by atoms with Crippen molar-refractivity contribution in [2.24, 2.45) is 0 Å². The SMILES string of the molecule is CCCCc1c(C)nc(-c2ccccn2)nc1N(CCC)CCCC. The number of hydrogen-bond acceptors (Lipinski definition) is 4. The first-order chi connectivity index (χ1) is 12.2. The summed E-state index contributed by atoms with van der Waals surface area (Å²) in [6, 6.07) is 5.91. The molecule has 0 aliphatic carbocycles. The summed E-state index contributed by atoms with van der Waals surface area (Å²) in [5, 5.41) is 0. The zero-order valence-corrected chi connectivity index (χ0v) is 16.3. The van der Waals surface area contributed by atoms with Crippen molar-refractivity contribution in [3.63, 3.8) is 0 Å². The van der Waals surface area contributed by atoms with Crippen molar-refractivity contribution in [3.8, 4) is 11.5 Å². The van der Waals surface area contributed by atoms with Gasteiger partial charge in [-0.1, -0.05) is 39.7 Å². The van der Waals surface area contributed by atoms with Crippen LogP contribution in [-0.4, -0.2) is 28.0 Å². The van der Waals surface area contributed by atoms with Gasteiger partial charge in [-0.15, -0.1) is 0 Å². The maximum atomic E-state index is 4.98. The topological polar surface area (TPSA) is 41.9 Å². The van der Waals surface area contributed by atoms with E-state index < -0.39 is 0 Å². The molecule has 0 saturated heterocycles. The minimum absolute atomic E-state index is 0.742. The number of aryl methyl sites for hydroxylation is 1. The number of hydrogen-bond donors (Lipinski definition) is 0. The van der Waals surface area contributed by atoms with Crippen molar-refractivity contribution in [1.29, 1.82) is 0 Å². The first-order valence-electron chi connectivity index (χ1n) is 9.75. The van der Waals surface area contributed by atoms with Gasteiger partial charge in [0, 0.05) is 30.5 Å². The van der Waals surface area contributed by atoms with E-state index in [0.29, 0.717) is 0 Å². The molecular formula is C21H32N4. The fraction of sp³-hybridized carbons (Fsp3) is 0.571. The molecule has 2 aromatic rings. The Balaban J connectivity index is 2.48. The summed E-state index contributed by atoms with van der Waals surface area (Å²) in [5.74, 6) is 1.86. The van der Waals surface area contributed by atoms with Crippen molar-refractivity contribution >= 4 is 5.82 Å². The van der Waals surface area contributed by atoms with Crippen LogP contribution in [0.15, 0.2) is 24.4 Å². The zero-order chi connectivity index (χ0) is 18.1. The smallest absolute Gasteiger partial charge is 0.180 e. The van der Waals surface area contributed by atoms with Gasteiger partial charge in [0.2, 0.25) is 0 Å². The molecule has 4 nitrogen and oxygen atoms in total. The Bertz CT molecular complexity index is 640. The number of rotatable bonds is 10. The molecule has 2 heterocycles. The van der Waals surface area contributed by atoms with E-state index in [0.717, 1.165) is 49.0 Å². The van der Waals surface area contributed by atoms with Crippen LogP contribution in [0.5, 0.6) is 0 Å². The summed E-state index contributed by atoms with van der Waals surface area (Å²) in [4.78, 5) is 16.7. The average Bonchev–Trinajstić information content (AvgIpc) is 2.64. The third-order valence-corrected chi connectivity index (χ3v) is 4.44. The van der Waals surface area contributed by atoms with Gasteiger partial charge in [0.05, 0.1) is 0 Å². The van der Waals surface area contributed by atoms with Crippen LogP contribution in [0, 0.1) is 6.92 Å². The summed E-state index contributed by atoms with van der Waals surface area (Å²) in [5.41, 5.74) is 3.25. The molecule has 2 rings (SSSR count). The van der Waals surface area contributed by atoms with Gasteiger partial charge in [0.1, 0.15) is 11.5 Å². The summed E-state index contributed by atoms with van der Waals surface area (Å²) >= 11 is 0. The molecule has 0 unspecified atom stereocenters. The molecule has 0 radical (unpaired) electrons. The zero-order valence-electron chi connectivity index (χ0n) is 16.3. The lowest BCUT2D eigenvalue weighted by atomic mass is 10.1. The summed E-state index contributed by atoms with van der Waals surface area (Å²) in [7, 11) is 0. The highest BCUT2D eigenvalue weighted by Gasteiger charge is 2.18. The van der Waals surface area contributed by atoms with E-state index in [1.54, 1.807) is 6.20 Å². The molecule has 0 N–H and O–H groups in total. The fourth-order valence-corrected chi connectivity index (χ4v) is 3.04. The van der Waals surface area contributed by atoms with Gasteiger partial charge in [0.15, 0.2) is 5.82 Å². The van der Waals surface area contributed by atoms with Crippen LogP contribution in [0.3, 0.4) is 0 Å². The molecule has 25 heavy (non-hydrogen) atoms. The maximum Gasteiger partial charge on any atom is 0.180 e. The predicted octanol–water partition coefficient (Wildman–Crippen LogP) is 5.21. The number of anilines is 1. The monoisotopic (exact) mass is 340 g/mol. The Morgan fingerprint density at radius 3 is 2.36 bits per heavy atom. The molecule has 0 spiro atoms. The largest absolute Gasteiger partial charge is 0.356 e. The lowest BCUT2D eigenvalue weighted by molar-refractivity contribution is 0.685. The van der Waals surface area contributed by atoms with E-state index in [2.05, 4.69) is 37.6 Å². The van der Waals surface area contributed by atoms with Crippen LogP contribution in [0.4, 0.5) is 5.82 Å². The molecule has 0 amide bonds. The Morgan fingerprint density at radius 1 is 0.920 bits per heavy atom. The molecule has 0 aliphatic rings. The van der Waals surface area contributed by atoms with Crippen LogP contribution in [0.1, 0.15) is 64.1 Å². The Morgan fingerprint density at radius 2 is 1.72 bits per heavy atom. The van der Waals surface area contributed by atoms with E-state index in [-0.39, 0.29) is 0 Å². The first-order valence-corrected chi connectivity index (χ1v) is 9.75. The van der Waals surface area contributed by atoms with Crippen molar-refractivity contribution in [3.05, 3.63) is 35.7 Å². The molecule has 0 bridgehead atoms. The Hall–Kier alpha value is -1.97. The Kier molecular flexibility index (Phi) is 7.83. The van der Waals surface area contributed by atoms with Gasteiger partial charge in [-0.3, -0.25) is 4.98 Å². The number of nitrogens with zero attached hydrogens (tertiary/aromatic N) is 4. The van der Waals surface area contributed by atoms with Gasteiger partial charge in [-0.25, -0.2) is 9.97 Å². The second-order valence-corrected chi connectivity index (χ2v) is 6.59. The van der Waals surface area contributed by atoms with Gasteiger partial charge in [-0.05, 0) is 44.7 Å². The Labute approximate surface area is 152 Å². The van der Waals surface area contributed by atoms with Crippen LogP contribution >= 0.6 is 0 Å². The highest BCUT2D eigenvalue weighted by Crippen LogP contribution is 2.26. The normalized spacial score (nSPS) is 10.9. The maximum absolute atomic E-state index is 4.98. The van der Waals surface area contributed by atoms with Gasteiger partial charge in [0.25, 0.3) is 0 Å². The number of unbranched alkanes of at least 4 members (excludes halogenated alkanes) is 2. The molecule has 0 saturated carbocycles. The van der Waals surface area contributed by atoms with E-state index in [1.165, 1.54) is 31.2 Å². The van der Waals surface area contributed by atoms with E-state index in [9.17, 15) is 0 Å². The molecule has 0 atom stereocenters. The number of pyridine rings is 1. The molecular weight excluding hydrogens is 308 g/mol. The summed E-state index contributed by atoms with van der Waals surface area (Å²) < 4.78 is 0. The molecule has 136 valence electrons. The standard InChI is InChI=1S/C21H32N4/c1-5-8-12-18-17(4)23-20(19-13-10-11-14-22-19)24-21(18)25(15-7-3)16-9-6-2/h10-11,13-14H,5-9,12,15-16H2,1-4H3. The summed E-state index contributed by atoms with van der Waals surface area (Å²) in [6.45, 7) is 10.9. The predicted molar refractivity (Wildman–Crippen MR) is 106 cm³/mol. The van der Waals surface area contributed by atoms with E-state index >= 15 is 0 Å². The third kappa shape index (κ3) is 5.25. The average molecular weight is 341 g/mol. The lowest BCUT2D eigenvalue weighted by Gasteiger charge is -2.26. The van der Waals surface area contributed by atoms with Crippen molar-refractivity contribution in [2.45, 2.75) is 66.2 Å². The summed E-state index contributed by atoms with van der Waals surface area (Å²) in [6.07, 6.45) is 8.72. The fourth-order valence-electron chi connectivity index (χ4n) is 3.04. The molecule has 2 aromatic heterocycles. The first kappa shape index (κ1) is 19.4. The van der Waals surface area contributed by atoms with E-state index in [1.807, 2.05) is 18.2 Å². The van der Waals surface area contributed by atoms with Crippen LogP contribution in [0.25, 0.3) is 11.5 Å². The van der Waals surface area contributed by atoms with Crippen molar-refractivity contribution in [1.82, 2.24) is 15.0 Å².